The molecular formula is C17H16INO4. The molecule has 1 unspecified atom stereocenters. The first-order valence-corrected chi connectivity index (χ1v) is 8.05. The van der Waals surface area contributed by atoms with Crippen molar-refractivity contribution in [2.24, 2.45) is 0 Å². The molecule has 0 bridgehead atoms. The molecule has 6 heteroatoms. The number of carboxylic acids is 1. The van der Waals surface area contributed by atoms with E-state index in [2.05, 4.69) is 22.6 Å². The first kappa shape index (κ1) is 17.3. The minimum Gasteiger partial charge on any atom is -0.480 e. The molecule has 0 aliphatic carbocycles. The van der Waals surface area contributed by atoms with Gasteiger partial charge in [-0.3, -0.25) is 4.90 Å². The van der Waals surface area contributed by atoms with Crippen LogP contribution < -0.4 is 4.90 Å². The Morgan fingerprint density at radius 1 is 1.13 bits per heavy atom. The highest BCUT2D eigenvalue weighted by Crippen LogP contribution is 2.20. The zero-order valence-corrected chi connectivity index (χ0v) is 14.6. The number of amides is 1. The van der Waals surface area contributed by atoms with Gasteiger partial charge in [0.2, 0.25) is 0 Å². The van der Waals surface area contributed by atoms with Crippen LogP contribution in [0.3, 0.4) is 0 Å². The van der Waals surface area contributed by atoms with Crippen LogP contribution in [0, 0.1) is 3.57 Å². The van der Waals surface area contributed by atoms with E-state index in [0.717, 1.165) is 14.0 Å². The summed E-state index contributed by atoms with van der Waals surface area (Å²) >= 11 is 2.14. The van der Waals surface area contributed by atoms with Crippen molar-refractivity contribution in [3.63, 3.8) is 0 Å². The Labute approximate surface area is 148 Å². The summed E-state index contributed by atoms with van der Waals surface area (Å²) in [5.74, 6) is -1.10. The lowest BCUT2D eigenvalue weighted by molar-refractivity contribution is -0.138. The molecule has 0 aromatic heterocycles. The molecular weight excluding hydrogens is 409 g/mol. The number of ether oxygens (including phenoxy) is 1. The Hall–Kier alpha value is -2.09. The van der Waals surface area contributed by atoms with Crippen molar-refractivity contribution < 1.29 is 19.4 Å². The molecule has 2 aromatic carbocycles. The number of halogens is 1. The van der Waals surface area contributed by atoms with Gasteiger partial charge in [0.25, 0.3) is 0 Å². The molecule has 1 atom stereocenters. The predicted molar refractivity (Wildman–Crippen MR) is 95.4 cm³/mol. The summed E-state index contributed by atoms with van der Waals surface area (Å²) in [6, 6.07) is 15.2. The summed E-state index contributed by atoms with van der Waals surface area (Å²) in [5, 5.41) is 9.25. The number of rotatable bonds is 5. The van der Waals surface area contributed by atoms with Crippen LogP contribution in [0.15, 0.2) is 54.6 Å². The van der Waals surface area contributed by atoms with Crippen LogP contribution in [0.25, 0.3) is 0 Å². The first-order chi connectivity index (χ1) is 11.0. The van der Waals surface area contributed by atoms with E-state index in [9.17, 15) is 14.7 Å². The average molecular weight is 425 g/mol. The Balaban J connectivity index is 2.17. The molecule has 0 aliphatic heterocycles. The maximum absolute atomic E-state index is 12.4. The maximum Gasteiger partial charge on any atom is 0.415 e. The third kappa shape index (κ3) is 4.69. The molecule has 0 fully saturated rings. The molecule has 120 valence electrons. The van der Waals surface area contributed by atoms with E-state index >= 15 is 0 Å². The predicted octanol–water partition coefficient (Wildman–Crippen LogP) is 3.91. The summed E-state index contributed by atoms with van der Waals surface area (Å²) in [6.45, 7) is 1.54. The van der Waals surface area contributed by atoms with E-state index in [1.54, 1.807) is 12.1 Å². The maximum atomic E-state index is 12.4. The number of anilines is 1. The smallest absolute Gasteiger partial charge is 0.415 e. The summed E-state index contributed by atoms with van der Waals surface area (Å²) in [6.07, 6.45) is -0.690. The first-order valence-electron chi connectivity index (χ1n) is 6.97. The molecule has 0 aliphatic rings. The number of hydrogen-bond donors (Lipinski definition) is 1. The highest BCUT2D eigenvalue weighted by molar-refractivity contribution is 14.1. The molecule has 0 saturated carbocycles. The van der Waals surface area contributed by atoms with Gasteiger partial charge in [0.1, 0.15) is 12.6 Å². The zero-order chi connectivity index (χ0) is 16.8. The van der Waals surface area contributed by atoms with Crippen molar-refractivity contribution in [1.29, 1.82) is 0 Å². The zero-order valence-electron chi connectivity index (χ0n) is 12.5. The van der Waals surface area contributed by atoms with Gasteiger partial charge in [0, 0.05) is 9.26 Å². The lowest BCUT2D eigenvalue weighted by Gasteiger charge is -2.26. The molecule has 1 N–H and O–H groups in total. The highest BCUT2D eigenvalue weighted by atomic mass is 127. The van der Waals surface area contributed by atoms with E-state index < -0.39 is 18.1 Å². The second-order valence-electron chi connectivity index (χ2n) is 4.90. The van der Waals surface area contributed by atoms with Gasteiger partial charge in [-0.05, 0) is 59.3 Å². The Morgan fingerprint density at radius 3 is 2.30 bits per heavy atom. The summed E-state index contributed by atoms with van der Waals surface area (Å²) in [7, 11) is 0. The fourth-order valence-electron chi connectivity index (χ4n) is 1.99. The Kier molecular flexibility index (Phi) is 5.97. The van der Waals surface area contributed by atoms with E-state index in [-0.39, 0.29) is 6.61 Å². The minimum atomic E-state index is -1.10. The van der Waals surface area contributed by atoms with Crippen LogP contribution in [-0.4, -0.2) is 23.2 Å². The molecule has 2 aromatic rings. The van der Waals surface area contributed by atoms with Crippen molar-refractivity contribution in [2.75, 3.05) is 4.90 Å². The number of aliphatic carboxylic acids is 1. The number of benzene rings is 2. The topological polar surface area (TPSA) is 66.8 Å². The molecule has 1 amide bonds. The van der Waals surface area contributed by atoms with Crippen LogP contribution >= 0.6 is 22.6 Å². The monoisotopic (exact) mass is 425 g/mol. The lowest BCUT2D eigenvalue weighted by atomic mass is 10.2. The van der Waals surface area contributed by atoms with Gasteiger partial charge >= 0.3 is 12.1 Å². The third-order valence-corrected chi connectivity index (χ3v) is 3.97. The lowest BCUT2D eigenvalue weighted by Crippen LogP contribution is -2.43. The van der Waals surface area contributed by atoms with E-state index in [4.69, 9.17) is 4.74 Å². The van der Waals surface area contributed by atoms with Gasteiger partial charge in [-0.1, -0.05) is 30.3 Å². The summed E-state index contributed by atoms with van der Waals surface area (Å²) in [5.41, 5.74) is 1.32. The summed E-state index contributed by atoms with van der Waals surface area (Å²) < 4.78 is 6.26. The van der Waals surface area contributed by atoms with Gasteiger partial charge < -0.3 is 9.84 Å². The van der Waals surface area contributed by atoms with Crippen molar-refractivity contribution >= 4 is 40.3 Å². The summed E-state index contributed by atoms with van der Waals surface area (Å²) in [4.78, 5) is 24.8. The number of nitrogens with zero attached hydrogens (tertiary/aromatic N) is 1. The van der Waals surface area contributed by atoms with Crippen LogP contribution in [0.5, 0.6) is 0 Å². The van der Waals surface area contributed by atoms with E-state index in [1.165, 1.54) is 6.92 Å². The standard InChI is InChI=1S/C17H16INO4/c1-12(16(20)21)19(15-9-7-14(18)8-10-15)17(22)23-11-13-5-3-2-4-6-13/h2-10,12H,11H2,1H3,(H,20,21). The molecule has 2 rings (SSSR count). The van der Waals surface area contributed by atoms with Crippen LogP contribution in [-0.2, 0) is 16.1 Å². The van der Waals surface area contributed by atoms with Gasteiger partial charge in [-0.25, -0.2) is 9.59 Å². The second kappa shape index (κ2) is 7.96. The van der Waals surface area contributed by atoms with Gasteiger partial charge in [0.15, 0.2) is 0 Å². The molecule has 0 heterocycles. The SMILES string of the molecule is CC(C(=O)O)N(C(=O)OCc1ccccc1)c1ccc(I)cc1. The quantitative estimate of drug-likeness (QED) is 0.738. The molecule has 0 spiro atoms. The molecule has 0 saturated heterocycles. The average Bonchev–Trinajstić information content (AvgIpc) is 2.55. The number of hydrogen-bond acceptors (Lipinski definition) is 3. The van der Waals surface area contributed by atoms with Gasteiger partial charge in [0.05, 0.1) is 0 Å². The second-order valence-corrected chi connectivity index (χ2v) is 6.15. The van der Waals surface area contributed by atoms with Crippen molar-refractivity contribution in [3.05, 3.63) is 63.7 Å². The Bertz CT molecular complexity index is 673. The van der Waals surface area contributed by atoms with Gasteiger partial charge in [-0.15, -0.1) is 0 Å². The minimum absolute atomic E-state index is 0.0902. The van der Waals surface area contributed by atoms with Crippen molar-refractivity contribution in [3.8, 4) is 0 Å². The van der Waals surface area contributed by atoms with Crippen molar-refractivity contribution in [1.82, 2.24) is 0 Å². The van der Waals surface area contributed by atoms with Crippen LogP contribution in [0.1, 0.15) is 12.5 Å². The van der Waals surface area contributed by atoms with Gasteiger partial charge in [-0.2, -0.15) is 0 Å². The molecule has 0 radical (unpaired) electrons. The molecule has 23 heavy (non-hydrogen) atoms. The number of carboxylic acid groups (broad SMARTS) is 1. The van der Waals surface area contributed by atoms with Crippen LogP contribution in [0.2, 0.25) is 0 Å². The van der Waals surface area contributed by atoms with Crippen LogP contribution in [0.4, 0.5) is 10.5 Å². The fraction of sp³-hybridized carbons (Fsp3) is 0.176. The third-order valence-electron chi connectivity index (χ3n) is 3.25. The number of carbonyl (C=O) groups excluding carboxylic acids is 1. The largest absolute Gasteiger partial charge is 0.480 e. The fourth-order valence-corrected chi connectivity index (χ4v) is 2.35. The normalized spacial score (nSPS) is 11.6. The number of carbonyl (C=O) groups is 2. The van der Waals surface area contributed by atoms with Crippen molar-refractivity contribution in [2.45, 2.75) is 19.6 Å². The highest BCUT2D eigenvalue weighted by Gasteiger charge is 2.28. The van der Waals surface area contributed by atoms with E-state index in [0.29, 0.717) is 5.69 Å². The molecule has 5 nitrogen and oxygen atoms in total. The van der Waals surface area contributed by atoms with E-state index in [1.807, 2.05) is 42.5 Å². The Morgan fingerprint density at radius 2 is 1.74 bits per heavy atom.